The van der Waals surface area contributed by atoms with Gasteiger partial charge in [-0.25, -0.2) is 0 Å². The van der Waals surface area contributed by atoms with Crippen LogP contribution in [0.3, 0.4) is 0 Å². The predicted molar refractivity (Wildman–Crippen MR) is 92.0 cm³/mol. The predicted octanol–water partition coefficient (Wildman–Crippen LogP) is 2.52. The van der Waals surface area contributed by atoms with Crippen molar-refractivity contribution in [2.75, 3.05) is 19.7 Å². The van der Waals surface area contributed by atoms with E-state index in [1.165, 1.54) is 0 Å². The molecule has 3 aromatic rings. The van der Waals surface area contributed by atoms with Gasteiger partial charge in [0.2, 0.25) is 0 Å². The van der Waals surface area contributed by atoms with Crippen LogP contribution in [-0.2, 0) is 0 Å². The molecule has 1 aliphatic heterocycles. The first kappa shape index (κ1) is 15.7. The van der Waals surface area contributed by atoms with Gasteiger partial charge in [0.1, 0.15) is 5.69 Å². The van der Waals surface area contributed by atoms with Gasteiger partial charge in [-0.3, -0.25) is 9.89 Å². The van der Waals surface area contributed by atoms with Crippen molar-refractivity contribution in [3.05, 3.63) is 66.1 Å². The van der Waals surface area contributed by atoms with E-state index in [-0.39, 0.29) is 24.3 Å². The van der Waals surface area contributed by atoms with Gasteiger partial charge in [-0.1, -0.05) is 30.3 Å². The quantitative estimate of drug-likeness (QED) is 0.766. The fraction of sp³-hybridized carbons (Fsp3) is 0.263. The molecule has 1 saturated heterocycles. The van der Waals surface area contributed by atoms with Crippen LogP contribution >= 0.6 is 0 Å². The molecule has 1 aliphatic rings. The first-order chi connectivity index (χ1) is 12.3. The van der Waals surface area contributed by atoms with E-state index in [0.717, 1.165) is 5.56 Å². The third kappa shape index (κ3) is 2.96. The highest BCUT2D eigenvalue weighted by Crippen LogP contribution is 2.33. The van der Waals surface area contributed by atoms with Crippen LogP contribution in [0.4, 0.5) is 0 Å². The number of rotatable bonds is 4. The van der Waals surface area contributed by atoms with Gasteiger partial charge in [-0.15, -0.1) is 0 Å². The van der Waals surface area contributed by atoms with E-state index in [2.05, 4.69) is 10.2 Å². The van der Waals surface area contributed by atoms with Gasteiger partial charge >= 0.3 is 0 Å². The molecule has 0 unspecified atom stereocenters. The van der Waals surface area contributed by atoms with E-state index < -0.39 is 0 Å². The fourth-order valence-electron chi connectivity index (χ4n) is 3.45. The summed E-state index contributed by atoms with van der Waals surface area (Å²) in [5.74, 6) is 0.683. The molecule has 1 fully saturated rings. The van der Waals surface area contributed by atoms with Crippen LogP contribution in [0.15, 0.2) is 59.2 Å². The summed E-state index contributed by atoms with van der Waals surface area (Å²) in [5.41, 5.74) is 2.18. The molecule has 1 amide bonds. The second-order valence-electron chi connectivity index (χ2n) is 6.31. The molecule has 2 aromatic heterocycles. The molecule has 3 heterocycles. The fourth-order valence-corrected chi connectivity index (χ4v) is 3.45. The molecule has 1 aromatic carbocycles. The lowest BCUT2D eigenvalue weighted by molar-refractivity contribution is 0.0775. The minimum atomic E-state index is -0.133. The van der Waals surface area contributed by atoms with Gasteiger partial charge in [-0.2, -0.15) is 5.10 Å². The topological polar surface area (TPSA) is 82.4 Å². The number of benzene rings is 1. The molecule has 6 nitrogen and oxygen atoms in total. The Hall–Kier alpha value is -2.86. The second kappa shape index (κ2) is 6.57. The van der Waals surface area contributed by atoms with Gasteiger partial charge in [0, 0.05) is 37.6 Å². The molecule has 0 bridgehead atoms. The van der Waals surface area contributed by atoms with Crippen LogP contribution in [0.2, 0.25) is 0 Å². The number of nitrogens with zero attached hydrogens (tertiary/aromatic N) is 2. The molecule has 128 valence electrons. The smallest absolute Gasteiger partial charge is 0.274 e. The second-order valence-corrected chi connectivity index (χ2v) is 6.31. The Labute approximate surface area is 145 Å². The third-order valence-corrected chi connectivity index (χ3v) is 4.77. The van der Waals surface area contributed by atoms with E-state index >= 15 is 0 Å². The molecule has 0 saturated carbocycles. The zero-order valence-electron chi connectivity index (χ0n) is 13.6. The largest absolute Gasteiger partial charge is 0.463 e. The average Bonchev–Trinajstić information content (AvgIpc) is 3.41. The van der Waals surface area contributed by atoms with Crippen molar-refractivity contribution < 1.29 is 14.3 Å². The van der Waals surface area contributed by atoms with E-state index in [9.17, 15) is 9.90 Å². The Kier molecular flexibility index (Phi) is 4.11. The van der Waals surface area contributed by atoms with Crippen LogP contribution in [-0.4, -0.2) is 45.8 Å². The number of likely N-dealkylation sites (tertiary alicyclic amines) is 1. The maximum Gasteiger partial charge on any atom is 0.274 e. The van der Waals surface area contributed by atoms with Crippen LogP contribution in [0.5, 0.6) is 0 Å². The number of aromatic nitrogens is 2. The van der Waals surface area contributed by atoms with Crippen LogP contribution in [0, 0.1) is 5.92 Å². The van der Waals surface area contributed by atoms with Gasteiger partial charge < -0.3 is 14.4 Å². The number of carbonyl (C=O) groups is 1. The average molecular weight is 337 g/mol. The maximum atomic E-state index is 12.8. The zero-order valence-corrected chi connectivity index (χ0v) is 13.6. The molecule has 4 rings (SSSR count). The first-order valence-corrected chi connectivity index (χ1v) is 8.30. The van der Waals surface area contributed by atoms with Gasteiger partial charge in [-0.05, 0) is 17.7 Å². The Balaban J connectivity index is 1.53. The molecular formula is C19H19N3O3. The van der Waals surface area contributed by atoms with E-state index in [4.69, 9.17) is 4.42 Å². The SMILES string of the molecule is O=C(c1cc(-c2ccco2)[nH]n1)N1C[C@@H](CO)[C@H](c2ccccc2)C1. The van der Waals surface area contributed by atoms with Crippen LogP contribution in [0.25, 0.3) is 11.5 Å². The van der Waals surface area contributed by atoms with Crippen molar-refractivity contribution in [1.82, 2.24) is 15.1 Å². The maximum absolute atomic E-state index is 12.8. The third-order valence-electron chi connectivity index (χ3n) is 4.77. The molecule has 2 atom stereocenters. The number of aliphatic hydroxyl groups is 1. The van der Waals surface area contributed by atoms with Crippen LogP contribution < -0.4 is 0 Å². The number of nitrogens with one attached hydrogen (secondary N) is 1. The summed E-state index contributed by atoms with van der Waals surface area (Å²) < 4.78 is 5.32. The Morgan fingerprint density at radius 3 is 2.80 bits per heavy atom. The molecule has 0 aliphatic carbocycles. The first-order valence-electron chi connectivity index (χ1n) is 8.30. The number of furan rings is 1. The minimum Gasteiger partial charge on any atom is -0.463 e. The van der Waals surface area contributed by atoms with Crippen molar-refractivity contribution in [1.29, 1.82) is 0 Å². The van der Waals surface area contributed by atoms with Crippen molar-refractivity contribution >= 4 is 5.91 Å². The number of hydrogen-bond donors (Lipinski definition) is 2. The Bertz CT molecular complexity index is 842. The Morgan fingerprint density at radius 1 is 1.24 bits per heavy atom. The lowest BCUT2D eigenvalue weighted by Gasteiger charge is -2.16. The number of aliphatic hydroxyl groups excluding tert-OH is 1. The molecule has 6 heteroatoms. The minimum absolute atomic E-state index is 0.0369. The van der Waals surface area contributed by atoms with Crippen molar-refractivity contribution in [3.8, 4) is 11.5 Å². The normalized spacial score (nSPS) is 20.1. The van der Waals surface area contributed by atoms with E-state index in [1.807, 2.05) is 36.4 Å². The lowest BCUT2D eigenvalue weighted by Crippen LogP contribution is -2.29. The number of aromatic amines is 1. The van der Waals surface area contributed by atoms with Crippen molar-refractivity contribution in [3.63, 3.8) is 0 Å². The summed E-state index contributed by atoms with van der Waals surface area (Å²) >= 11 is 0. The lowest BCUT2D eigenvalue weighted by atomic mass is 9.90. The molecule has 2 N–H and O–H groups in total. The zero-order chi connectivity index (χ0) is 17.2. The summed E-state index contributed by atoms with van der Waals surface area (Å²) in [6.45, 7) is 1.16. The van der Waals surface area contributed by atoms with Crippen LogP contribution in [0.1, 0.15) is 22.0 Å². The molecule has 25 heavy (non-hydrogen) atoms. The van der Waals surface area contributed by atoms with Gasteiger partial charge in [0.05, 0.1) is 6.26 Å². The van der Waals surface area contributed by atoms with Crippen molar-refractivity contribution in [2.45, 2.75) is 5.92 Å². The van der Waals surface area contributed by atoms with Gasteiger partial charge in [0.15, 0.2) is 11.5 Å². The van der Waals surface area contributed by atoms with E-state index in [1.54, 1.807) is 23.3 Å². The number of amides is 1. The highest BCUT2D eigenvalue weighted by molar-refractivity contribution is 5.93. The number of carbonyl (C=O) groups excluding carboxylic acids is 1. The highest BCUT2D eigenvalue weighted by atomic mass is 16.3. The standard InChI is InChI=1S/C19H19N3O3/c23-12-14-10-22(11-15(14)13-5-2-1-3-6-13)19(24)17-9-16(20-21-17)18-7-4-8-25-18/h1-9,14-15,23H,10-12H2,(H,20,21)/t14-,15-/m0/s1. The molecular weight excluding hydrogens is 318 g/mol. The molecule has 0 spiro atoms. The summed E-state index contributed by atoms with van der Waals surface area (Å²) in [5, 5.41) is 16.7. The van der Waals surface area contributed by atoms with Crippen molar-refractivity contribution in [2.24, 2.45) is 5.92 Å². The summed E-state index contributed by atoms with van der Waals surface area (Å²) in [4.78, 5) is 14.6. The number of hydrogen-bond acceptors (Lipinski definition) is 4. The van der Waals surface area contributed by atoms with Gasteiger partial charge in [0.25, 0.3) is 5.91 Å². The summed E-state index contributed by atoms with van der Waals surface area (Å²) in [7, 11) is 0. The summed E-state index contributed by atoms with van der Waals surface area (Å²) in [6.07, 6.45) is 1.58. The highest BCUT2D eigenvalue weighted by Gasteiger charge is 2.36. The summed E-state index contributed by atoms with van der Waals surface area (Å²) in [6, 6.07) is 15.3. The van der Waals surface area contributed by atoms with E-state index in [0.29, 0.717) is 30.2 Å². The molecule has 0 radical (unpaired) electrons. The Morgan fingerprint density at radius 2 is 2.08 bits per heavy atom. The monoisotopic (exact) mass is 337 g/mol. The number of H-pyrrole nitrogens is 1.